The molecule has 1 aliphatic carbocycles. The monoisotopic (exact) mass is 501 g/mol. The van der Waals surface area contributed by atoms with Crippen molar-refractivity contribution < 1.29 is 27.6 Å². The molecule has 11 heteroatoms. The molecule has 2 aliphatic heterocycles. The summed E-state index contributed by atoms with van der Waals surface area (Å²) in [6, 6.07) is 5.49. The Bertz CT molecular complexity index is 1260. The Morgan fingerprint density at radius 1 is 1.31 bits per heavy atom. The van der Waals surface area contributed by atoms with Gasteiger partial charge in [-0.05, 0) is 49.3 Å². The molecular formula is C25H26F3N5O3. The number of fused-ring (bicyclic) bond motifs is 2. The molecule has 3 amide bonds. The number of benzene rings is 1. The number of hydrogen-bond donors (Lipinski definition) is 3. The average molecular weight is 502 g/mol. The smallest absolute Gasteiger partial charge is 0.271 e. The van der Waals surface area contributed by atoms with Crippen LogP contribution in [0, 0.1) is 34.9 Å². The topological polar surface area (TPSA) is 118 Å². The molecule has 0 radical (unpaired) electrons. The second-order valence-corrected chi connectivity index (χ2v) is 10.0. The molecule has 8 nitrogen and oxygen atoms in total. The second kappa shape index (κ2) is 9.15. The summed E-state index contributed by atoms with van der Waals surface area (Å²) in [6.45, 7) is 0.518. The van der Waals surface area contributed by atoms with Gasteiger partial charge in [0.05, 0.1) is 6.07 Å². The third-order valence-corrected chi connectivity index (χ3v) is 7.64. The van der Waals surface area contributed by atoms with Crippen LogP contribution >= 0.6 is 0 Å². The van der Waals surface area contributed by atoms with Gasteiger partial charge in [-0.25, -0.2) is 13.2 Å². The largest absolute Gasteiger partial charge is 0.356 e. The lowest BCUT2D eigenvalue weighted by atomic mass is 9.90. The number of rotatable bonds is 5. The predicted molar refractivity (Wildman–Crippen MR) is 122 cm³/mol. The molecule has 190 valence electrons. The van der Waals surface area contributed by atoms with Crippen LogP contribution in [0.3, 0.4) is 0 Å². The molecule has 1 aromatic heterocycles. The molecule has 3 N–H and O–H groups in total. The Hall–Kier alpha value is -3.55. The van der Waals surface area contributed by atoms with Crippen LogP contribution in [0.15, 0.2) is 24.3 Å². The van der Waals surface area contributed by atoms with Crippen LogP contribution in [0.1, 0.15) is 42.6 Å². The van der Waals surface area contributed by atoms with E-state index in [1.807, 2.05) is 6.07 Å². The van der Waals surface area contributed by atoms with Crippen molar-refractivity contribution in [2.24, 2.45) is 17.8 Å². The molecule has 2 saturated heterocycles. The summed E-state index contributed by atoms with van der Waals surface area (Å²) in [5, 5.41) is 15.2. The lowest BCUT2D eigenvalue weighted by molar-refractivity contribution is -0.129. The Morgan fingerprint density at radius 3 is 2.83 bits per heavy atom. The summed E-state index contributed by atoms with van der Waals surface area (Å²) < 4.78 is 42.6. The lowest BCUT2D eigenvalue weighted by Crippen LogP contribution is -2.52. The quantitative estimate of drug-likeness (QED) is 0.584. The number of piperidine rings is 1. The molecular weight excluding hydrogens is 475 g/mol. The van der Waals surface area contributed by atoms with E-state index in [0.717, 1.165) is 6.42 Å². The van der Waals surface area contributed by atoms with Crippen LogP contribution in [0.4, 0.5) is 13.2 Å². The first-order valence-electron chi connectivity index (χ1n) is 12.1. The van der Waals surface area contributed by atoms with Crippen molar-refractivity contribution in [2.45, 2.75) is 50.1 Å². The molecule has 36 heavy (non-hydrogen) atoms. The molecule has 3 heterocycles. The van der Waals surface area contributed by atoms with Gasteiger partial charge in [-0.1, -0.05) is 6.07 Å². The first-order valence-corrected chi connectivity index (χ1v) is 12.1. The minimum atomic E-state index is -2.94. The number of carbonyl (C=O) groups is 3. The molecule has 1 saturated carbocycles. The third-order valence-electron chi connectivity index (χ3n) is 7.64. The number of aromatic amines is 1. The number of likely N-dealkylation sites (tertiary alicyclic amines) is 1. The van der Waals surface area contributed by atoms with Gasteiger partial charge in [0.15, 0.2) is 0 Å². The predicted octanol–water partition coefficient (Wildman–Crippen LogP) is 2.72. The summed E-state index contributed by atoms with van der Waals surface area (Å²) in [5.41, 5.74) is 0.455. The van der Waals surface area contributed by atoms with Crippen molar-refractivity contribution in [3.05, 3.63) is 35.8 Å². The van der Waals surface area contributed by atoms with Gasteiger partial charge in [-0.15, -0.1) is 0 Å². The van der Waals surface area contributed by atoms with Gasteiger partial charge in [0.1, 0.15) is 23.6 Å². The number of hydrogen-bond acceptors (Lipinski definition) is 4. The Morgan fingerprint density at radius 2 is 2.11 bits per heavy atom. The average Bonchev–Trinajstić information content (AvgIpc) is 3.49. The number of halogens is 3. The number of carbonyl (C=O) groups excluding carboxylic acids is 3. The molecule has 3 aliphatic rings. The zero-order valence-corrected chi connectivity index (χ0v) is 19.4. The molecule has 5 atom stereocenters. The fourth-order valence-electron chi connectivity index (χ4n) is 5.98. The zero-order valence-electron chi connectivity index (χ0n) is 19.4. The van der Waals surface area contributed by atoms with E-state index in [-0.39, 0.29) is 30.0 Å². The highest BCUT2D eigenvalue weighted by Crippen LogP contribution is 2.50. The molecule has 0 bridgehead atoms. The maximum atomic E-state index is 14.2. The van der Waals surface area contributed by atoms with Crippen molar-refractivity contribution in [1.82, 2.24) is 20.5 Å². The molecule has 3 fully saturated rings. The van der Waals surface area contributed by atoms with Crippen molar-refractivity contribution >= 4 is 28.6 Å². The van der Waals surface area contributed by atoms with Gasteiger partial charge in [0, 0.05) is 42.8 Å². The molecule has 0 spiro atoms. The van der Waals surface area contributed by atoms with E-state index in [1.165, 1.54) is 23.1 Å². The highest BCUT2D eigenvalue weighted by molar-refractivity contribution is 6.01. The van der Waals surface area contributed by atoms with Crippen LogP contribution in [0.25, 0.3) is 10.9 Å². The molecule has 1 aromatic carbocycles. The van der Waals surface area contributed by atoms with E-state index >= 15 is 0 Å². The van der Waals surface area contributed by atoms with Gasteiger partial charge < -0.3 is 20.5 Å². The van der Waals surface area contributed by atoms with Gasteiger partial charge >= 0.3 is 0 Å². The summed E-state index contributed by atoms with van der Waals surface area (Å²) in [4.78, 5) is 43.0. The minimum absolute atomic E-state index is 0.0444. The SMILES string of the molecule is N#C[C@H](C[C@H]1CCCNC1=O)NC(=O)[C@@H]1[C@@H]2CC(F)(F)C[C@@H]2CN1C(=O)c1cc2c(F)cccc2[nH]1. The van der Waals surface area contributed by atoms with Crippen LogP contribution in [0.5, 0.6) is 0 Å². The third kappa shape index (κ3) is 4.40. The highest BCUT2D eigenvalue weighted by Gasteiger charge is 2.58. The van der Waals surface area contributed by atoms with Crippen molar-refractivity contribution in [3.63, 3.8) is 0 Å². The van der Waals surface area contributed by atoms with E-state index < -0.39 is 66.2 Å². The number of amides is 3. The number of aromatic nitrogens is 1. The number of nitriles is 1. The Labute approximate surface area is 205 Å². The summed E-state index contributed by atoms with van der Waals surface area (Å²) in [5.74, 6) is -6.72. The molecule has 0 unspecified atom stereocenters. The summed E-state index contributed by atoms with van der Waals surface area (Å²) >= 11 is 0. The van der Waals surface area contributed by atoms with E-state index in [0.29, 0.717) is 18.5 Å². The fourth-order valence-corrected chi connectivity index (χ4v) is 5.98. The second-order valence-electron chi connectivity index (χ2n) is 10.0. The first-order chi connectivity index (χ1) is 17.2. The van der Waals surface area contributed by atoms with Crippen molar-refractivity contribution in [3.8, 4) is 6.07 Å². The van der Waals surface area contributed by atoms with Crippen LogP contribution in [0.2, 0.25) is 0 Å². The summed E-state index contributed by atoms with van der Waals surface area (Å²) in [7, 11) is 0. The maximum absolute atomic E-state index is 14.2. The van der Waals surface area contributed by atoms with E-state index in [2.05, 4.69) is 15.6 Å². The van der Waals surface area contributed by atoms with Crippen LogP contribution < -0.4 is 10.6 Å². The normalized spacial score (nSPS) is 27.8. The van der Waals surface area contributed by atoms with E-state index in [4.69, 9.17) is 0 Å². The van der Waals surface area contributed by atoms with Crippen molar-refractivity contribution in [2.75, 3.05) is 13.1 Å². The Kier molecular flexibility index (Phi) is 6.14. The van der Waals surface area contributed by atoms with E-state index in [1.54, 1.807) is 6.07 Å². The summed E-state index contributed by atoms with van der Waals surface area (Å²) in [6.07, 6.45) is 0.471. The Balaban J connectivity index is 1.39. The zero-order chi connectivity index (χ0) is 25.6. The minimum Gasteiger partial charge on any atom is -0.356 e. The highest BCUT2D eigenvalue weighted by atomic mass is 19.3. The lowest BCUT2D eigenvalue weighted by Gasteiger charge is -2.29. The number of nitrogens with one attached hydrogen (secondary N) is 3. The molecule has 5 rings (SSSR count). The standard InChI is InChI=1S/C25H26F3N5O3/c26-18-4-1-5-19-16(18)8-20(32-19)24(36)33-12-14-9-25(27,28)10-17(14)21(33)23(35)31-15(11-29)7-13-3-2-6-30-22(13)34/h1,4-5,8,13-15,17,21,32H,2-3,6-7,9-10,12H2,(H,30,34)(H,31,35)/t13-,14-,15+,17-,21+/m1/s1. The van der Waals surface area contributed by atoms with E-state index in [9.17, 15) is 32.8 Å². The number of alkyl halides is 2. The molecule has 2 aromatic rings. The fraction of sp³-hybridized carbons (Fsp3) is 0.520. The number of nitrogens with zero attached hydrogens (tertiary/aromatic N) is 2. The van der Waals surface area contributed by atoms with Crippen LogP contribution in [-0.4, -0.2) is 58.7 Å². The first kappa shape index (κ1) is 24.2. The van der Waals surface area contributed by atoms with Crippen LogP contribution in [-0.2, 0) is 9.59 Å². The van der Waals surface area contributed by atoms with Gasteiger partial charge in [-0.3, -0.25) is 14.4 Å². The van der Waals surface area contributed by atoms with Gasteiger partial charge in [-0.2, -0.15) is 5.26 Å². The van der Waals surface area contributed by atoms with Gasteiger partial charge in [0.25, 0.3) is 5.91 Å². The van der Waals surface area contributed by atoms with Crippen molar-refractivity contribution in [1.29, 1.82) is 5.26 Å². The van der Waals surface area contributed by atoms with Gasteiger partial charge in [0.2, 0.25) is 17.7 Å². The number of H-pyrrole nitrogens is 1. The maximum Gasteiger partial charge on any atom is 0.271 e.